The Hall–Kier alpha value is -3.61. The van der Waals surface area contributed by atoms with Crippen LogP contribution in [0.3, 0.4) is 0 Å². The van der Waals surface area contributed by atoms with Crippen LogP contribution in [0.4, 0.5) is 15.8 Å². The largest absolute Gasteiger partial charge is 0.478 e. The molecular formula is C36H35Cl2FN4O6. The van der Waals surface area contributed by atoms with Crippen molar-refractivity contribution in [1.29, 1.82) is 0 Å². The van der Waals surface area contributed by atoms with Gasteiger partial charge in [-0.25, -0.2) is 9.18 Å². The number of anilines is 2. The SMILES string of the molecule is O=C(O)c1cc(F)c(-c2cccc3c2OCN(C(=O)c2c(Cl)cc(N4CC5CC4CN5C4COC4)cc2Cl)C3)cc1N1C2CCC1COC2. The summed E-state index contributed by atoms with van der Waals surface area (Å²) in [6.45, 7) is 4.57. The van der Waals surface area contributed by atoms with Gasteiger partial charge >= 0.3 is 5.97 Å². The standard InChI is InChI=1S/C36H35Cl2FN4O6/c37-29-7-22(41-12-24-6-23(41)13-42(24)25-16-48-17-25)8-30(38)33(29)35(44)40-11-19-2-1-3-26(34(19)49-18-40)27-10-32(28(36(45)46)9-31(27)39)43-20-4-5-21(43)15-47-14-20/h1-3,7-10,20-21,23-25H,4-6,11-18H2,(H,45,46). The number of hydrogen-bond acceptors (Lipinski definition) is 8. The number of piperazine rings is 1. The number of aromatic carboxylic acids is 1. The molecule has 0 radical (unpaired) electrons. The first-order valence-corrected chi connectivity index (χ1v) is 17.6. The number of hydrogen-bond donors (Lipinski definition) is 1. The van der Waals surface area contributed by atoms with Crippen LogP contribution in [0.1, 0.15) is 45.5 Å². The van der Waals surface area contributed by atoms with Crippen molar-refractivity contribution in [3.8, 4) is 16.9 Å². The highest BCUT2D eigenvalue weighted by Crippen LogP contribution is 2.44. The van der Waals surface area contributed by atoms with E-state index in [1.54, 1.807) is 18.2 Å². The first-order valence-electron chi connectivity index (χ1n) is 16.8. The minimum atomic E-state index is -1.18. The Balaban J connectivity index is 0.968. The summed E-state index contributed by atoms with van der Waals surface area (Å²) < 4.78 is 33.0. The lowest BCUT2D eigenvalue weighted by molar-refractivity contribution is -0.0708. The highest BCUT2D eigenvalue weighted by Gasteiger charge is 2.47. The number of fused-ring (bicyclic) bond motifs is 5. The van der Waals surface area contributed by atoms with Gasteiger partial charge < -0.3 is 34.0 Å². The van der Waals surface area contributed by atoms with Crippen LogP contribution in [0.15, 0.2) is 42.5 Å². The van der Waals surface area contributed by atoms with Gasteiger partial charge in [-0.05, 0) is 43.5 Å². The topological polar surface area (TPSA) is 95.0 Å². The molecule has 9 rings (SSSR count). The summed E-state index contributed by atoms with van der Waals surface area (Å²) in [6.07, 6.45) is 2.85. The fourth-order valence-corrected chi connectivity index (χ4v) is 9.39. The van der Waals surface area contributed by atoms with Crippen LogP contribution in [0.25, 0.3) is 11.1 Å². The van der Waals surface area contributed by atoms with Crippen molar-refractivity contribution in [2.24, 2.45) is 0 Å². The fourth-order valence-electron chi connectivity index (χ4n) is 8.75. The molecule has 49 heavy (non-hydrogen) atoms. The number of ether oxygens (including phenoxy) is 3. The Morgan fingerprint density at radius 2 is 1.57 bits per heavy atom. The number of carbonyl (C=O) groups is 2. The number of rotatable bonds is 6. The van der Waals surface area contributed by atoms with Gasteiger partial charge in [0, 0.05) is 47.6 Å². The van der Waals surface area contributed by atoms with Crippen molar-refractivity contribution in [1.82, 2.24) is 9.80 Å². The molecule has 4 atom stereocenters. The lowest BCUT2D eigenvalue weighted by Crippen LogP contribution is -2.56. The van der Waals surface area contributed by atoms with Gasteiger partial charge in [-0.3, -0.25) is 9.69 Å². The van der Waals surface area contributed by atoms with Crippen molar-refractivity contribution < 1.29 is 33.3 Å². The molecule has 0 aromatic heterocycles. The Morgan fingerprint density at radius 3 is 2.22 bits per heavy atom. The molecule has 6 aliphatic rings. The second kappa shape index (κ2) is 12.0. The number of benzene rings is 3. The van der Waals surface area contributed by atoms with Crippen LogP contribution in [-0.2, 0) is 16.0 Å². The highest BCUT2D eigenvalue weighted by atomic mass is 35.5. The van der Waals surface area contributed by atoms with Gasteiger partial charge in [0.1, 0.15) is 11.6 Å². The molecule has 10 nitrogen and oxygen atoms in total. The number of amides is 1. The molecule has 6 aliphatic heterocycles. The van der Waals surface area contributed by atoms with Crippen LogP contribution >= 0.6 is 23.2 Å². The first kappa shape index (κ1) is 31.4. The third-order valence-corrected chi connectivity index (χ3v) is 11.8. The number of para-hydroxylation sites is 1. The van der Waals surface area contributed by atoms with Crippen molar-refractivity contribution in [2.45, 2.75) is 56.0 Å². The van der Waals surface area contributed by atoms with Crippen LogP contribution in [-0.4, -0.2) is 103 Å². The second-order valence-electron chi connectivity index (χ2n) is 13.9. The Bertz CT molecular complexity index is 1840. The average molecular weight is 710 g/mol. The summed E-state index contributed by atoms with van der Waals surface area (Å²) in [5.74, 6) is -1.76. The van der Waals surface area contributed by atoms with E-state index in [1.165, 1.54) is 4.90 Å². The summed E-state index contributed by atoms with van der Waals surface area (Å²) in [6, 6.07) is 13.2. The summed E-state index contributed by atoms with van der Waals surface area (Å²) in [5.41, 5.74) is 2.94. The fraction of sp³-hybridized carbons (Fsp3) is 0.444. The smallest absolute Gasteiger partial charge is 0.337 e. The van der Waals surface area contributed by atoms with E-state index in [-0.39, 0.29) is 58.0 Å². The van der Waals surface area contributed by atoms with Gasteiger partial charge in [0.05, 0.1) is 78.0 Å². The molecule has 4 unspecified atom stereocenters. The molecule has 0 aliphatic carbocycles. The number of likely N-dealkylation sites (tertiary alicyclic amines) is 1. The molecule has 6 heterocycles. The average Bonchev–Trinajstić information content (AvgIpc) is 3.73. The lowest BCUT2D eigenvalue weighted by Gasteiger charge is -2.43. The normalized spacial score (nSPS) is 26.1. The Morgan fingerprint density at radius 1 is 0.857 bits per heavy atom. The molecule has 5 saturated heterocycles. The van der Waals surface area contributed by atoms with E-state index >= 15 is 4.39 Å². The van der Waals surface area contributed by atoms with E-state index in [0.717, 1.165) is 57.3 Å². The summed E-state index contributed by atoms with van der Waals surface area (Å²) in [7, 11) is 0. The van der Waals surface area contributed by atoms with E-state index < -0.39 is 11.8 Å². The van der Waals surface area contributed by atoms with Crippen molar-refractivity contribution in [3.05, 3.63) is 75.0 Å². The first-order chi connectivity index (χ1) is 23.7. The number of nitrogens with zero attached hydrogens (tertiary/aromatic N) is 4. The van der Waals surface area contributed by atoms with Crippen LogP contribution in [0.5, 0.6) is 5.75 Å². The number of carboxylic acid groups (broad SMARTS) is 1. The number of carboxylic acids is 1. The van der Waals surface area contributed by atoms with Gasteiger partial charge in [0.15, 0.2) is 6.73 Å². The van der Waals surface area contributed by atoms with Crippen molar-refractivity contribution >= 4 is 46.5 Å². The molecule has 1 amide bonds. The van der Waals surface area contributed by atoms with E-state index in [2.05, 4.69) is 14.7 Å². The second-order valence-corrected chi connectivity index (χ2v) is 14.7. The van der Waals surface area contributed by atoms with Gasteiger partial charge in [-0.2, -0.15) is 0 Å². The molecule has 13 heteroatoms. The predicted octanol–water partition coefficient (Wildman–Crippen LogP) is 5.52. The molecule has 5 fully saturated rings. The highest BCUT2D eigenvalue weighted by molar-refractivity contribution is 6.40. The maximum Gasteiger partial charge on any atom is 0.337 e. The van der Waals surface area contributed by atoms with Crippen LogP contribution in [0.2, 0.25) is 10.0 Å². The maximum atomic E-state index is 15.7. The van der Waals surface area contributed by atoms with Gasteiger partial charge in [-0.15, -0.1) is 0 Å². The third-order valence-electron chi connectivity index (χ3n) is 11.2. The summed E-state index contributed by atoms with van der Waals surface area (Å²) >= 11 is 13.6. The van der Waals surface area contributed by atoms with E-state index in [4.69, 9.17) is 37.4 Å². The summed E-state index contributed by atoms with van der Waals surface area (Å²) in [4.78, 5) is 34.6. The van der Waals surface area contributed by atoms with Crippen LogP contribution in [0, 0.1) is 5.82 Å². The number of halogens is 3. The molecule has 3 aromatic carbocycles. The monoisotopic (exact) mass is 708 g/mol. The van der Waals surface area contributed by atoms with Gasteiger partial charge in [-0.1, -0.05) is 41.4 Å². The Kier molecular flexibility index (Phi) is 7.70. The molecule has 0 spiro atoms. The summed E-state index contributed by atoms with van der Waals surface area (Å²) in [5, 5.41) is 10.6. The zero-order valence-corrected chi connectivity index (χ0v) is 28.1. The minimum absolute atomic E-state index is 0.0340. The molecule has 1 N–H and O–H groups in total. The molecule has 256 valence electrons. The quantitative estimate of drug-likeness (QED) is 0.355. The number of morpholine rings is 1. The zero-order chi connectivity index (χ0) is 33.6. The van der Waals surface area contributed by atoms with Gasteiger partial charge in [0.25, 0.3) is 5.91 Å². The molecule has 4 bridgehead atoms. The molecule has 3 aromatic rings. The van der Waals surface area contributed by atoms with E-state index in [9.17, 15) is 14.7 Å². The molecule has 0 saturated carbocycles. The lowest BCUT2D eigenvalue weighted by atomic mass is 9.96. The molecular weight excluding hydrogens is 674 g/mol. The van der Waals surface area contributed by atoms with Gasteiger partial charge in [0.2, 0.25) is 0 Å². The number of carbonyl (C=O) groups excluding carboxylic acids is 1. The zero-order valence-electron chi connectivity index (χ0n) is 26.6. The van der Waals surface area contributed by atoms with E-state index in [0.29, 0.717) is 53.9 Å². The Labute approximate surface area is 292 Å². The van der Waals surface area contributed by atoms with Crippen LogP contribution < -0.4 is 14.5 Å². The minimum Gasteiger partial charge on any atom is -0.478 e. The maximum absolute atomic E-state index is 15.7. The predicted molar refractivity (Wildman–Crippen MR) is 182 cm³/mol. The van der Waals surface area contributed by atoms with Crippen molar-refractivity contribution in [2.75, 3.05) is 56.0 Å². The third kappa shape index (κ3) is 5.16. The van der Waals surface area contributed by atoms with E-state index in [1.807, 2.05) is 18.2 Å². The van der Waals surface area contributed by atoms with Crippen molar-refractivity contribution in [3.63, 3.8) is 0 Å².